The van der Waals surface area contributed by atoms with Crippen LogP contribution in [0.3, 0.4) is 0 Å². The van der Waals surface area contributed by atoms with Crippen molar-refractivity contribution in [2.24, 2.45) is 17.8 Å². The lowest BCUT2D eigenvalue weighted by atomic mass is 9.72. The Morgan fingerprint density at radius 1 is 1.13 bits per heavy atom. The minimum atomic E-state index is -2.62. The molecule has 5 heterocycles. The van der Waals surface area contributed by atoms with Crippen molar-refractivity contribution in [3.63, 3.8) is 0 Å². The molecule has 5 rings (SSSR count). The van der Waals surface area contributed by atoms with Crippen molar-refractivity contribution >= 4 is 51.3 Å². The Morgan fingerprint density at radius 3 is 2.51 bits per heavy atom. The summed E-state index contributed by atoms with van der Waals surface area (Å²) in [6.07, 6.45) is -0.807. The number of ether oxygens (including phenoxy) is 5. The Kier molecular flexibility index (Phi) is 12.9. The number of aliphatic hydroxyl groups excluding tert-OH is 1. The van der Waals surface area contributed by atoms with E-state index in [2.05, 4.69) is 10.3 Å². The van der Waals surface area contributed by atoms with E-state index in [1.54, 1.807) is 39.1 Å². The summed E-state index contributed by atoms with van der Waals surface area (Å²) in [5, 5.41) is 17.1. The van der Waals surface area contributed by atoms with E-state index < -0.39 is 95.3 Å². The van der Waals surface area contributed by atoms with Crippen LogP contribution < -0.4 is 5.32 Å². The number of amides is 1. The van der Waals surface area contributed by atoms with E-state index in [1.807, 2.05) is 43.4 Å². The number of aromatic nitrogens is 1. The van der Waals surface area contributed by atoms with Crippen molar-refractivity contribution < 1.29 is 52.4 Å². The highest BCUT2D eigenvalue weighted by molar-refractivity contribution is 7.16. The number of pyridine rings is 1. The van der Waals surface area contributed by atoms with Gasteiger partial charge in [0.15, 0.2) is 29.1 Å². The molecule has 3 aliphatic rings. The molecule has 304 valence electrons. The van der Waals surface area contributed by atoms with Crippen LogP contribution in [0, 0.1) is 17.8 Å². The van der Waals surface area contributed by atoms with Crippen molar-refractivity contribution in [2.45, 2.75) is 134 Å². The molecular weight excluding hydrogens is 734 g/mol. The molecule has 2 aromatic rings. The first kappa shape index (κ1) is 42.8. The second-order valence-electron chi connectivity index (χ2n) is 16.2. The molecule has 2 N–H and O–H groups in total. The largest absolute Gasteiger partial charge is 0.458 e. The summed E-state index contributed by atoms with van der Waals surface area (Å²) >= 11 is 1.53. The van der Waals surface area contributed by atoms with Gasteiger partial charge in [-0.2, -0.15) is 0 Å². The highest BCUT2D eigenvalue weighted by Gasteiger charge is 2.59. The number of carbonyl (C=O) groups excluding carboxylic acids is 4. The molecule has 3 aliphatic heterocycles. The molecule has 3 fully saturated rings. The lowest BCUT2D eigenvalue weighted by Crippen LogP contribution is -2.62. The van der Waals surface area contributed by atoms with Crippen LogP contribution in [0.5, 0.6) is 0 Å². The normalized spacial score (nSPS) is 39.5. The van der Waals surface area contributed by atoms with E-state index in [4.69, 9.17) is 23.7 Å². The standard InChI is InChI=1S/C40H56FN3O10S/c1-11-28-40(8)31(43-37(49)54-40)24(5)32(47)38(6,41)20-39(7,50-15-12-13-25-18-26-14-16-55-34(26)42-19-25)33(22(3)29(45)23(4)35(48)52-28)53-36-30(46)27(44(9)10)17-21(2)51-36/h12-14,16,18-19,21-24,27-28,30-31,33,36,46H,11,15,17,20H2,1-10H3,(H,43,49)/b13-12+/t21-,22+,23-,24-,27+,28-,30-,31+,33-,36+,38+,39-,40-/m1/s1. The molecule has 0 unspecified atom stereocenters. The Morgan fingerprint density at radius 2 is 1.84 bits per heavy atom. The molecular formula is C40H56FN3O10S. The number of likely N-dealkylation sites (N-methyl/N-ethyl adjacent to an activating group) is 1. The first-order valence-electron chi connectivity index (χ1n) is 19.0. The Balaban J connectivity index is 1.59. The summed E-state index contributed by atoms with van der Waals surface area (Å²) in [5.41, 5.74) is -5.14. The molecule has 15 heteroatoms. The van der Waals surface area contributed by atoms with Gasteiger partial charge in [0.05, 0.1) is 30.5 Å². The molecule has 0 radical (unpaired) electrons. The molecule has 0 aliphatic carbocycles. The summed E-state index contributed by atoms with van der Waals surface area (Å²) in [5.74, 6) is -6.01. The number of esters is 1. The Bertz CT molecular complexity index is 1770. The predicted molar refractivity (Wildman–Crippen MR) is 204 cm³/mol. The van der Waals surface area contributed by atoms with E-state index in [-0.39, 0.29) is 25.2 Å². The Hall–Kier alpha value is -3.34. The lowest BCUT2D eigenvalue weighted by Gasteiger charge is -2.48. The number of ketones is 2. The topological polar surface area (TPSA) is 163 Å². The quantitative estimate of drug-likeness (QED) is 0.264. The molecule has 0 saturated carbocycles. The van der Waals surface area contributed by atoms with Gasteiger partial charge in [0.25, 0.3) is 0 Å². The number of alkyl carbamates (subject to hydrolysis) is 1. The number of cyclic esters (lactones) is 1. The number of rotatable bonds is 8. The average molecular weight is 790 g/mol. The maximum absolute atomic E-state index is 17.4. The number of alkyl halides is 1. The van der Waals surface area contributed by atoms with Crippen molar-refractivity contribution in [1.82, 2.24) is 15.2 Å². The first-order chi connectivity index (χ1) is 25.7. The van der Waals surface area contributed by atoms with Gasteiger partial charge in [-0.1, -0.05) is 32.9 Å². The zero-order chi connectivity index (χ0) is 40.6. The second-order valence-corrected chi connectivity index (χ2v) is 17.1. The third-order valence-corrected chi connectivity index (χ3v) is 12.4. The third-order valence-electron chi connectivity index (χ3n) is 11.6. The molecule has 0 spiro atoms. The summed E-state index contributed by atoms with van der Waals surface area (Å²) in [4.78, 5) is 62.4. The zero-order valence-electron chi connectivity index (χ0n) is 33.4. The minimum absolute atomic E-state index is 0.107. The average Bonchev–Trinajstić information content (AvgIpc) is 3.73. The first-order valence-corrected chi connectivity index (χ1v) is 19.9. The van der Waals surface area contributed by atoms with E-state index in [1.165, 1.54) is 32.1 Å². The summed E-state index contributed by atoms with van der Waals surface area (Å²) in [7, 11) is 3.64. The molecule has 13 atom stereocenters. The van der Waals surface area contributed by atoms with Gasteiger partial charge < -0.3 is 39.0 Å². The van der Waals surface area contributed by atoms with Crippen LogP contribution in [0.2, 0.25) is 0 Å². The van der Waals surface area contributed by atoms with E-state index in [0.29, 0.717) is 6.42 Å². The van der Waals surface area contributed by atoms with E-state index in [0.717, 1.165) is 22.7 Å². The third kappa shape index (κ3) is 8.81. The molecule has 13 nitrogen and oxygen atoms in total. The molecule has 1 amide bonds. The zero-order valence-corrected chi connectivity index (χ0v) is 34.2. The lowest BCUT2D eigenvalue weighted by molar-refractivity contribution is -0.297. The predicted octanol–water partition coefficient (Wildman–Crippen LogP) is 5.26. The Labute approximate surface area is 326 Å². The van der Waals surface area contributed by atoms with Crippen molar-refractivity contribution in [3.05, 3.63) is 35.3 Å². The van der Waals surface area contributed by atoms with Gasteiger partial charge in [-0.15, -0.1) is 11.3 Å². The van der Waals surface area contributed by atoms with Crippen LogP contribution in [0.25, 0.3) is 16.3 Å². The van der Waals surface area contributed by atoms with Crippen LogP contribution in [-0.2, 0) is 38.1 Å². The second kappa shape index (κ2) is 16.6. The number of aliphatic hydroxyl groups is 1. The number of nitrogens with zero attached hydrogens (tertiary/aromatic N) is 2. The minimum Gasteiger partial charge on any atom is -0.458 e. The van der Waals surface area contributed by atoms with Gasteiger partial charge in [0.2, 0.25) is 0 Å². The van der Waals surface area contributed by atoms with Crippen LogP contribution in [-0.4, -0.2) is 119 Å². The monoisotopic (exact) mass is 789 g/mol. The number of nitrogens with one attached hydrogen (secondary N) is 1. The molecule has 3 saturated heterocycles. The van der Waals surface area contributed by atoms with Gasteiger partial charge in [-0.05, 0) is 84.6 Å². The smallest absolute Gasteiger partial charge is 0.408 e. The fourth-order valence-corrected chi connectivity index (χ4v) is 9.26. The highest BCUT2D eigenvalue weighted by Crippen LogP contribution is 2.42. The SMILES string of the molecule is CC[C@H]1OC(=O)[C@H](C)C(=O)[C@H](C)[C@@H](O[C@@H]2O[C@H](C)C[C@H](N(C)C)[C@H]2O)[C@](C)(OC/C=C/c2cnc3sccc3c2)C[C@](C)(F)C(=O)[C@H](C)[C@@H]2NC(=O)O[C@]12C. The van der Waals surface area contributed by atoms with E-state index >= 15 is 4.39 Å². The van der Waals surface area contributed by atoms with Gasteiger partial charge >= 0.3 is 12.1 Å². The molecule has 0 aromatic carbocycles. The molecule has 0 bridgehead atoms. The summed E-state index contributed by atoms with van der Waals surface area (Å²) < 4.78 is 48.2. The van der Waals surface area contributed by atoms with Gasteiger partial charge in [0, 0.05) is 35.9 Å². The number of Topliss-reactive ketones (excluding diaryl/α,β-unsaturated/α-hetero) is 2. The van der Waals surface area contributed by atoms with Crippen LogP contribution in [0.4, 0.5) is 9.18 Å². The van der Waals surface area contributed by atoms with Crippen molar-refractivity contribution in [1.29, 1.82) is 0 Å². The maximum atomic E-state index is 17.4. The fraction of sp³-hybridized carbons (Fsp3) is 0.675. The van der Waals surface area contributed by atoms with Crippen molar-refractivity contribution in [2.75, 3.05) is 20.7 Å². The fourth-order valence-electron chi connectivity index (χ4n) is 8.54. The van der Waals surface area contributed by atoms with E-state index in [9.17, 15) is 24.3 Å². The number of thiophene rings is 1. The van der Waals surface area contributed by atoms with Gasteiger partial charge in [0.1, 0.15) is 23.0 Å². The van der Waals surface area contributed by atoms with Crippen molar-refractivity contribution in [3.8, 4) is 0 Å². The number of carbonyl (C=O) groups is 4. The summed E-state index contributed by atoms with van der Waals surface area (Å²) in [6, 6.07) is 2.47. The number of halogens is 1. The highest BCUT2D eigenvalue weighted by atomic mass is 32.1. The molecule has 55 heavy (non-hydrogen) atoms. The number of fused-ring (bicyclic) bond motifs is 2. The maximum Gasteiger partial charge on any atom is 0.408 e. The summed E-state index contributed by atoms with van der Waals surface area (Å²) in [6.45, 7) is 12.1. The van der Waals surface area contributed by atoms with Crippen LogP contribution in [0.15, 0.2) is 29.8 Å². The molecule has 2 aromatic heterocycles. The number of hydrogen-bond donors (Lipinski definition) is 2. The van der Waals surface area contributed by atoms with Crippen LogP contribution >= 0.6 is 11.3 Å². The van der Waals surface area contributed by atoms with Gasteiger partial charge in [-0.25, -0.2) is 14.2 Å². The van der Waals surface area contributed by atoms with Crippen LogP contribution in [0.1, 0.15) is 80.2 Å². The number of hydrogen-bond acceptors (Lipinski definition) is 13. The van der Waals surface area contributed by atoms with Gasteiger partial charge in [-0.3, -0.25) is 14.4 Å².